The van der Waals surface area contributed by atoms with Gasteiger partial charge in [-0.15, -0.1) is 0 Å². The third-order valence-electron chi connectivity index (χ3n) is 4.93. The fourth-order valence-electron chi connectivity index (χ4n) is 3.71. The van der Waals surface area contributed by atoms with E-state index in [0.717, 1.165) is 0 Å². The van der Waals surface area contributed by atoms with Gasteiger partial charge >= 0.3 is 30.0 Å². The van der Waals surface area contributed by atoms with Crippen molar-refractivity contribution >= 4 is 30.0 Å². The molecule has 1 fully saturated rings. The van der Waals surface area contributed by atoms with E-state index in [1.165, 1.54) is 27.9 Å². The molecule has 1 heterocycles. The molecule has 1 rings (SSSR count). The molecule has 1 aliphatic rings. The smallest absolute Gasteiger partial charge is 0.408 e. The van der Waals surface area contributed by atoms with Crippen LogP contribution in [0, 0.1) is 0 Å². The predicted octanol–water partition coefficient (Wildman–Crippen LogP) is 1.81. The molecule has 1 aliphatic heterocycles. The molecule has 0 aliphatic carbocycles. The van der Waals surface area contributed by atoms with Gasteiger partial charge in [0, 0.05) is 20.8 Å². The van der Waals surface area contributed by atoms with Crippen LogP contribution in [0.1, 0.15) is 67.7 Å². The van der Waals surface area contributed by atoms with Gasteiger partial charge in [-0.1, -0.05) is 0 Å². The van der Waals surface area contributed by atoms with Gasteiger partial charge in [0.2, 0.25) is 0 Å². The summed E-state index contributed by atoms with van der Waals surface area (Å²) in [6.07, 6.45) is -4.59. The first-order valence-corrected chi connectivity index (χ1v) is 11.4. The first-order chi connectivity index (χ1) is 16.1. The van der Waals surface area contributed by atoms with Gasteiger partial charge in [0.1, 0.15) is 11.6 Å². The molecule has 1 amide bonds. The second-order valence-electron chi connectivity index (χ2n) is 9.25. The first kappa shape index (κ1) is 30.1. The van der Waals surface area contributed by atoms with Crippen LogP contribution in [0.5, 0.6) is 0 Å². The third-order valence-corrected chi connectivity index (χ3v) is 4.93. The van der Waals surface area contributed by atoms with Crippen molar-refractivity contribution in [1.82, 2.24) is 5.32 Å². The van der Waals surface area contributed by atoms with E-state index in [1.54, 1.807) is 27.7 Å². The number of esters is 4. The van der Waals surface area contributed by atoms with Crippen LogP contribution in [0.4, 0.5) is 4.79 Å². The second kappa shape index (κ2) is 13.3. The summed E-state index contributed by atoms with van der Waals surface area (Å²) >= 11 is 0. The summed E-state index contributed by atoms with van der Waals surface area (Å²) in [6.45, 7) is 10.3. The Labute approximate surface area is 205 Å². The highest BCUT2D eigenvalue weighted by atomic mass is 16.6. The van der Waals surface area contributed by atoms with Crippen molar-refractivity contribution in [2.75, 3.05) is 7.11 Å². The number of nitrogens with one attached hydrogen (secondary N) is 1. The Morgan fingerprint density at radius 2 is 1.40 bits per heavy atom. The lowest BCUT2D eigenvalue weighted by molar-refractivity contribution is -0.244. The van der Waals surface area contributed by atoms with Crippen molar-refractivity contribution in [3.63, 3.8) is 0 Å². The maximum Gasteiger partial charge on any atom is 0.408 e. The van der Waals surface area contributed by atoms with E-state index in [0.29, 0.717) is 6.42 Å². The maximum atomic E-state index is 12.2. The molecular formula is C23H37NO11. The molecule has 0 unspecified atom stereocenters. The van der Waals surface area contributed by atoms with Gasteiger partial charge in [-0.05, 0) is 47.0 Å². The number of amides is 1. The van der Waals surface area contributed by atoms with Crippen LogP contribution in [0.2, 0.25) is 0 Å². The lowest BCUT2D eigenvalue weighted by Crippen LogP contribution is -2.60. The minimum absolute atomic E-state index is 0.165. The summed E-state index contributed by atoms with van der Waals surface area (Å²) in [6, 6.07) is -0.985. The molecule has 12 heteroatoms. The number of ether oxygens (including phenoxy) is 6. The highest BCUT2D eigenvalue weighted by Crippen LogP contribution is 2.31. The zero-order valence-electron chi connectivity index (χ0n) is 21.6. The van der Waals surface area contributed by atoms with Gasteiger partial charge < -0.3 is 33.7 Å². The Balaban J connectivity index is 3.00. The number of carbonyl (C=O) groups is 5. The molecule has 0 spiro atoms. The molecule has 0 radical (unpaired) electrons. The number of alkyl carbamates (subject to hydrolysis) is 1. The summed E-state index contributed by atoms with van der Waals surface area (Å²) in [4.78, 5) is 59.5. The fourth-order valence-corrected chi connectivity index (χ4v) is 3.71. The molecule has 0 aromatic heterocycles. The molecule has 12 nitrogen and oxygen atoms in total. The Hall–Kier alpha value is -2.89. The van der Waals surface area contributed by atoms with Crippen molar-refractivity contribution in [1.29, 1.82) is 0 Å². The van der Waals surface area contributed by atoms with Crippen molar-refractivity contribution in [3.05, 3.63) is 0 Å². The summed E-state index contributed by atoms with van der Waals surface area (Å²) in [5.41, 5.74) is -0.752. The highest BCUT2D eigenvalue weighted by Gasteiger charge is 2.49. The van der Waals surface area contributed by atoms with Gasteiger partial charge in [0.05, 0.1) is 19.3 Å². The predicted molar refractivity (Wildman–Crippen MR) is 120 cm³/mol. The third kappa shape index (κ3) is 10.5. The van der Waals surface area contributed by atoms with Gasteiger partial charge in [-0.25, -0.2) is 9.59 Å². The molecule has 1 saturated heterocycles. The molecule has 0 bridgehead atoms. The van der Waals surface area contributed by atoms with E-state index in [1.807, 2.05) is 0 Å². The standard InChI is InChI=1S/C23H37NO11/c1-12-18(32-13(2)25)20(34-15(4)27)19(33-14(3)26)17(31-12)11-9-10-16(21(28)30-8)24-22(29)35-23(5,6)7/h12,16-20H,9-11H2,1-8H3,(H,24,29)/t12-,16-,17-,18+,19+,20+/m0/s1. The van der Waals surface area contributed by atoms with Crippen LogP contribution >= 0.6 is 0 Å². The molecule has 200 valence electrons. The first-order valence-electron chi connectivity index (χ1n) is 11.4. The second-order valence-corrected chi connectivity index (χ2v) is 9.25. The maximum absolute atomic E-state index is 12.2. The largest absolute Gasteiger partial charge is 0.467 e. The van der Waals surface area contributed by atoms with Gasteiger partial charge in [-0.3, -0.25) is 14.4 Å². The van der Waals surface area contributed by atoms with E-state index in [4.69, 9.17) is 28.4 Å². The van der Waals surface area contributed by atoms with Gasteiger partial charge in [-0.2, -0.15) is 0 Å². The van der Waals surface area contributed by atoms with Crippen molar-refractivity contribution in [3.8, 4) is 0 Å². The minimum Gasteiger partial charge on any atom is -0.467 e. The zero-order valence-corrected chi connectivity index (χ0v) is 21.6. The van der Waals surface area contributed by atoms with E-state index in [9.17, 15) is 24.0 Å². The Morgan fingerprint density at radius 3 is 1.89 bits per heavy atom. The summed E-state index contributed by atoms with van der Waals surface area (Å²) in [5, 5.41) is 2.49. The van der Waals surface area contributed by atoms with Crippen LogP contribution < -0.4 is 5.32 Å². The number of rotatable bonds is 9. The van der Waals surface area contributed by atoms with Crippen LogP contribution in [0.25, 0.3) is 0 Å². The Morgan fingerprint density at radius 1 is 0.886 bits per heavy atom. The Kier molecular flexibility index (Phi) is 11.4. The van der Waals surface area contributed by atoms with Crippen molar-refractivity contribution < 1.29 is 52.4 Å². The van der Waals surface area contributed by atoms with Crippen LogP contribution in [-0.4, -0.2) is 79.2 Å². The zero-order chi connectivity index (χ0) is 26.9. The lowest BCUT2D eigenvalue weighted by Gasteiger charge is -2.44. The van der Waals surface area contributed by atoms with Crippen LogP contribution in [0.15, 0.2) is 0 Å². The fraction of sp³-hybridized carbons (Fsp3) is 0.783. The minimum atomic E-state index is -1.09. The van der Waals surface area contributed by atoms with Crippen molar-refractivity contribution in [2.24, 2.45) is 0 Å². The quantitative estimate of drug-likeness (QED) is 0.362. The molecule has 0 saturated carbocycles. The van der Waals surface area contributed by atoms with Gasteiger partial charge in [0.25, 0.3) is 0 Å². The summed E-state index contributed by atoms with van der Waals surface area (Å²) in [5.74, 6) is -2.56. The van der Waals surface area contributed by atoms with E-state index in [2.05, 4.69) is 5.32 Å². The Bertz CT molecular complexity index is 776. The SMILES string of the molecule is COC(=O)[C@H](CCC[C@@H]1O[C@@H](C)[C@@H](OC(C)=O)[C@@H](OC(C)=O)[C@@H]1OC(C)=O)NC(=O)OC(C)(C)C. The monoisotopic (exact) mass is 503 g/mol. The summed E-state index contributed by atoms with van der Waals surface area (Å²) < 4.78 is 32.0. The van der Waals surface area contributed by atoms with E-state index in [-0.39, 0.29) is 12.8 Å². The van der Waals surface area contributed by atoms with E-state index < -0.39 is 72.1 Å². The topological polar surface area (TPSA) is 153 Å². The van der Waals surface area contributed by atoms with Crippen LogP contribution in [-0.2, 0) is 47.6 Å². The number of methoxy groups -OCH3 is 1. The van der Waals surface area contributed by atoms with Crippen LogP contribution in [0.3, 0.4) is 0 Å². The molecule has 35 heavy (non-hydrogen) atoms. The number of carbonyl (C=O) groups excluding carboxylic acids is 5. The lowest BCUT2D eigenvalue weighted by atomic mass is 9.91. The normalized spacial score (nSPS) is 25.0. The highest BCUT2D eigenvalue weighted by molar-refractivity contribution is 5.81. The number of hydrogen-bond acceptors (Lipinski definition) is 11. The molecular weight excluding hydrogens is 466 g/mol. The molecule has 6 atom stereocenters. The molecule has 0 aromatic rings. The molecule has 0 aromatic carbocycles. The van der Waals surface area contributed by atoms with Crippen molar-refractivity contribution in [2.45, 2.75) is 110 Å². The molecule has 1 N–H and O–H groups in total. The average Bonchev–Trinajstić information content (AvgIpc) is 2.69. The summed E-state index contributed by atoms with van der Waals surface area (Å²) in [7, 11) is 1.20. The average molecular weight is 504 g/mol. The van der Waals surface area contributed by atoms with Gasteiger partial charge in [0.15, 0.2) is 18.3 Å². The van der Waals surface area contributed by atoms with E-state index >= 15 is 0 Å². The number of hydrogen-bond donors (Lipinski definition) is 1.